The number of aromatic amines is 1. The lowest BCUT2D eigenvalue weighted by Crippen LogP contribution is -2.19. The molecule has 1 aromatic carbocycles. The van der Waals surface area contributed by atoms with E-state index in [4.69, 9.17) is 0 Å². The molecule has 0 fully saturated rings. The number of hydrogen-bond acceptors (Lipinski definition) is 1. The maximum absolute atomic E-state index is 12.5. The zero-order chi connectivity index (χ0) is 12.0. The smallest absolute Gasteiger partial charge is 0.193 e. The number of H-pyrrole nitrogens is 1. The van der Waals surface area contributed by atoms with E-state index in [0.717, 1.165) is 46.9 Å². The molecule has 1 N–H and O–H groups in total. The second-order valence-corrected chi connectivity index (χ2v) is 5.07. The molecule has 0 aliphatic heterocycles. The largest absolute Gasteiger partial charge is 0.358 e. The predicted molar refractivity (Wildman–Crippen MR) is 70.7 cm³/mol. The molecule has 1 aromatic heterocycles. The molecule has 0 bridgehead atoms. The lowest BCUT2D eigenvalue weighted by atomic mass is 9.92. The average Bonchev–Trinajstić information content (AvgIpc) is 2.34. The molecule has 88 valence electrons. The molecule has 0 radical (unpaired) electrons. The van der Waals surface area contributed by atoms with Crippen molar-refractivity contribution in [3.63, 3.8) is 0 Å². The van der Waals surface area contributed by atoms with Crippen LogP contribution in [0, 0.1) is 13.8 Å². The fourth-order valence-electron chi connectivity index (χ4n) is 2.86. The van der Waals surface area contributed by atoms with Crippen LogP contribution < -0.4 is 5.43 Å². The maximum Gasteiger partial charge on any atom is 0.193 e. The van der Waals surface area contributed by atoms with Crippen LogP contribution in [0.1, 0.15) is 35.2 Å². The molecule has 0 amide bonds. The van der Waals surface area contributed by atoms with Crippen LogP contribution in [0.25, 0.3) is 10.9 Å². The van der Waals surface area contributed by atoms with Gasteiger partial charge >= 0.3 is 0 Å². The van der Waals surface area contributed by atoms with Gasteiger partial charge in [-0.3, -0.25) is 4.79 Å². The summed E-state index contributed by atoms with van der Waals surface area (Å²) in [5.41, 5.74) is 5.74. The van der Waals surface area contributed by atoms with Gasteiger partial charge in [0.25, 0.3) is 0 Å². The number of aryl methyl sites for hydroxylation is 3. The Kier molecular flexibility index (Phi) is 2.32. The molecular formula is C15H17NO. The monoisotopic (exact) mass is 227 g/mol. The van der Waals surface area contributed by atoms with Crippen molar-refractivity contribution >= 4 is 10.9 Å². The first-order chi connectivity index (χ1) is 8.18. The summed E-state index contributed by atoms with van der Waals surface area (Å²) in [5, 5.41) is 0.894. The van der Waals surface area contributed by atoms with Crippen LogP contribution >= 0.6 is 0 Å². The fourth-order valence-corrected chi connectivity index (χ4v) is 2.86. The summed E-state index contributed by atoms with van der Waals surface area (Å²) in [6.45, 7) is 4.08. The summed E-state index contributed by atoms with van der Waals surface area (Å²) in [5.74, 6) is 0. The Bertz CT molecular complexity index is 652. The Labute approximate surface area is 101 Å². The van der Waals surface area contributed by atoms with Crippen molar-refractivity contribution in [1.82, 2.24) is 4.98 Å². The van der Waals surface area contributed by atoms with Crippen molar-refractivity contribution in [3.05, 3.63) is 44.7 Å². The maximum atomic E-state index is 12.5. The second-order valence-electron chi connectivity index (χ2n) is 5.07. The number of rotatable bonds is 0. The van der Waals surface area contributed by atoms with Gasteiger partial charge in [-0.2, -0.15) is 0 Å². The number of benzene rings is 1. The van der Waals surface area contributed by atoms with Gasteiger partial charge in [0.15, 0.2) is 5.43 Å². The predicted octanol–water partition coefficient (Wildman–Crippen LogP) is 3.02. The molecule has 0 saturated heterocycles. The SMILES string of the molecule is Cc1ccc(C)c2c(=O)c3c([nH]c12)CCCC3. The van der Waals surface area contributed by atoms with Gasteiger partial charge in [0.1, 0.15) is 0 Å². The average molecular weight is 227 g/mol. The van der Waals surface area contributed by atoms with Crippen molar-refractivity contribution in [2.75, 3.05) is 0 Å². The van der Waals surface area contributed by atoms with Gasteiger partial charge in [-0.15, -0.1) is 0 Å². The summed E-state index contributed by atoms with van der Waals surface area (Å²) >= 11 is 0. The summed E-state index contributed by atoms with van der Waals surface area (Å²) in [4.78, 5) is 16.0. The van der Waals surface area contributed by atoms with Crippen LogP contribution in [-0.2, 0) is 12.8 Å². The Hall–Kier alpha value is -1.57. The van der Waals surface area contributed by atoms with E-state index in [9.17, 15) is 4.79 Å². The normalized spacial score (nSPS) is 14.9. The van der Waals surface area contributed by atoms with E-state index in [1.807, 2.05) is 13.0 Å². The number of nitrogens with one attached hydrogen (secondary N) is 1. The van der Waals surface area contributed by atoms with Crippen LogP contribution in [0.4, 0.5) is 0 Å². The molecule has 2 heteroatoms. The second kappa shape index (κ2) is 3.73. The Morgan fingerprint density at radius 1 is 1.06 bits per heavy atom. The van der Waals surface area contributed by atoms with Gasteiger partial charge in [-0.05, 0) is 50.7 Å². The minimum Gasteiger partial charge on any atom is -0.358 e. The molecule has 1 heterocycles. The standard InChI is InChI=1S/C15H17NO/c1-9-7-8-10(2)14-13(9)15(17)11-5-3-4-6-12(11)16-14/h7-8H,3-6H2,1-2H3,(H,16,17). The highest BCUT2D eigenvalue weighted by atomic mass is 16.1. The summed E-state index contributed by atoms with van der Waals surface area (Å²) in [7, 11) is 0. The topological polar surface area (TPSA) is 32.9 Å². The molecule has 1 aliphatic rings. The first kappa shape index (κ1) is 10.6. The van der Waals surface area contributed by atoms with Gasteiger partial charge in [-0.1, -0.05) is 12.1 Å². The zero-order valence-corrected chi connectivity index (χ0v) is 10.4. The van der Waals surface area contributed by atoms with Crippen molar-refractivity contribution in [2.24, 2.45) is 0 Å². The van der Waals surface area contributed by atoms with Crippen LogP contribution in [-0.4, -0.2) is 4.98 Å². The molecule has 2 nitrogen and oxygen atoms in total. The van der Waals surface area contributed by atoms with Crippen LogP contribution in [0.5, 0.6) is 0 Å². The van der Waals surface area contributed by atoms with Gasteiger partial charge < -0.3 is 4.98 Å². The molecule has 0 unspecified atom stereocenters. The van der Waals surface area contributed by atoms with Crippen LogP contribution in [0.3, 0.4) is 0 Å². The van der Waals surface area contributed by atoms with E-state index < -0.39 is 0 Å². The highest BCUT2D eigenvalue weighted by Crippen LogP contribution is 2.23. The number of fused-ring (bicyclic) bond motifs is 2. The molecular weight excluding hydrogens is 210 g/mol. The van der Waals surface area contributed by atoms with E-state index in [-0.39, 0.29) is 5.43 Å². The van der Waals surface area contributed by atoms with Crippen molar-refractivity contribution in [1.29, 1.82) is 0 Å². The minimum absolute atomic E-state index is 0.259. The van der Waals surface area contributed by atoms with Crippen molar-refractivity contribution < 1.29 is 0 Å². The van der Waals surface area contributed by atoms with Crippen LogP contribution in [0.2, 0.25) is 0 Å². The molecule has 0 spiro atoms. The van der Waals surface area contributed by atoms with E-state index in [1.54, 1.807) is 0 Å². The number of aromatic nitrogens is 1. The first-order valence-electron chi connectivity index (χ1n) is 6.32. The third-order valence-electron chi connectivity index (χ3n) is 3.87. The lowest BCUT2D eigenvalue weighted by molar-refractivity contribution is 0.667. The third-order valence-corrected chi connectivity index (χ3v) is 3.87. The Balaban J connectivity index is 2.48. The zero-order valence-electron chi connectivity index (χ0n) is 10.4. The van der Waals surface area contributed by atoms with Crippen LogP contribution in [0.15, 0.2) is 16.9 Å². The van der Waals surface area contributed by atoms with E-state index in [0.29, 0.717) is 0 Å². The lowest BCUT2D eigenvalue weighted by Gasteiger charge is -2.17. The van der Waals surface area contributed by atoms with Gasteiger partial charge in [-0.25, -0.2) is 0 Å². The van der Waals surface area contributed by atoms with E-state index in [2.05, 4.69) is 18.0 Å². The first-order valence-corrected chi connectivity index (χ1v) is 6.32. The number of pyridine rings is 1. The van der Waals surface area contributed by atoms with E-state index >= 15 is 0 Å². The van der Waals surface area contributed by atoms with E-state index in [1.165, 1.54) is 12.1 Å². The minimum atomic E-state index is 0.259. The summed E-state index contributed by atoms with van der Waals surface area (Å²) < 4.78 is 0. The molecule has 3 rings (SSSR count). The molecule has 0 atom stereocenters. The molecule has 0 saturated carbocycles. The van der Waals surface area contributed by atoms with Gasteiger partial charge in [0.05, 0.1) is 5.52 Å². The van der Waals surface area contributed by atoms with Gasteiger partial charge in [0.2, 0.25) is 0 Å². The van der Waals surface area contributed by atoms with Crippen molar-refractivity contribution in [3.8, 4) is 0 Å². The van der Waals surface area contributed by atoms with Crippen molar-refractivity contribution in [2.45, 2.75) is 39.5 Å². The Morgan fingerprint density at radius 2 is 1.76 bits per heavy atom. The fraction of sp³-hybridized carbons (Fsp3) is 0.400. The Morgan fingerprint density at radius 3 is 2.59 bits per heavy atom. The molecule has 1 aliphatic carbocycles. The number of hydrogen-bond donors (Lipinski definition) is 1. The molecule has 17 heavy (non-hydrogen) atoms. The highest BCUT2D eigenvalue weighted by molar-refractivity contribution is 5.85. The molecule has 2 aromatic rings. The third kappa shape index (κ3) is 1.51. The highest BCUT2D eigenvalue weighted by Gasteiger charge is 2.17. The van der Waals surface area contributed by atoms with Gasteiger partial charge in [0, 0.05) is 16.6 Å². The quantitative estimate of drug-likeness (QED) is 0.737. The summed E-state index contributed by atoms with van der Waals surface area (Å²) in [6.07, 6.45) is 4.30. The summed E-state index contributed by atoms with van der Waals surface area (Å²) in [6, 6.07) is 4.13.